The van der Waals surface area contributed by atoms with E-state index in [-0.39, 0.29) is 12.1 Å². The summed E-state index contributed by atoms with van der Waals surface area (Å²) >= 11 is 0. The Labute approximate surface area is 92.5 Å². The number of aliphatic hydroxyl groups excluding tert-OH is 2. The van der Waals surface area contributed by atoms with Crippen molar-refractivity contribution >= 4 is 11.9 Å². The second-order valence-electron chi connectivity index (χ2n) is 3.68. The molecule has 1 fully saturated rings. The first-order valence-corrected chi connectivity index (χ1v) is 4.89. The number of hydrogen-bond acceptors (Lipinski definition) is 5. The zero-order chi connectivity index (χ0) is 12.7. The molecule has 1 saturated carbocycles. The van der Waals surface area contributed by atoms with Crippen molar-refractivity contribution in [1.82, 2.24) is 0 Å². The predicted octanol–water partition coefficient (Wildman–Crippen LogP) is -1.23. The van der Waals surface area contributed by atoms with Gasteiger partial charge in [-0.05, 0) is 19.3 Å². The Morgan fingerprint density at radius 3 is 2.00 bits per heavy atom. The van der Waals surface area contributed by atoms with Crippen molar-refractivity contribution in [3.63, 3.8) is 0 Å². The molecular weight excluding hydrogens is 218 g/mol. The molecule has 1 aliphatic carbocycles. The number of aliphatic carboxylic acids is 2. The quantitative estimate of drug-likeness (QED) is 0.412. The van der Waals surface area contributed by atoms with Crippen molar-refractivity contribution in [2.24, 2.45) is 5.73 Å². The Kier molecular flexibility index (Phi) is 6.63. The third-order valence-corrected chi connectivity index (χ3v) is 2.10. The highest BCUT2D eigenvalue weighted by Gasteiger charge is 2.18. The lowest BCUT2D eigenvalue weighted by Gasteiger charge is -1.97. The summed E-state index contributed by atoms with van der Waals surface area (Å²) in [5.41, 5.74) is 5.47. The standard InChI is InChI=1S/C5H11NO.C4H6O5/c6-4-1-2-5(7)3-4;5-2(4(8)9)1-3(6)7/h4-5,7H,1-3,6H2;2,5H,1H2,(H,6,7)(H,8,9)/t4-,5+;/m0./s1. The summed E-state index contributed by atoms with van der Waals surface area (Å²) in [6, 6.07) is 0.273. The Balaban J connectivity index is 0.000000288. The number of carboxylic acid groups (broad SMARTS) is 2. The van der Waals surface area contributed by atoms with Gasteiger partial charge < -0.3 is 26.2 Å². The van der Waals surface area contributed by atoms with Gasteiger partial charge in [-0.25, -0.2) is 4.79 Å². The summed E-state index contributed by atoms with van der Waals surface area (Å²) in [6.07, 6.45) is 0.0648. The van der Waals surface area contributed by atoms with E-state index in [2.05, 4.69) is 0 Å². The fourth-order valence-electron chi connectivity index (χ4n) is 1.24. The zero-order valence-electron chi connectivity index (χ0n) is 8.74. The summed E-state index contributed by atoms with van der Waals surface area (Å²) in [7, 11) is 0. The Hall–Kier alpha value is -1.18. The maximum Gasteiger partial charge on any atom is 0.333 e. The van der Waals surface area contributed by atoms with Gasteiger partial charge in [-0.1, -0.05) is 0 Å². The van der Waals surface area contributed by atoms with Gasteiger partial charge in [0.15, 0.2) is 6.10 Å². The average molecular weight is 235 g/mol. The third kappa shape index (κ3) is 7.16. The molecule has 0 spiro atoms. The molecule has 0 aromatic carbocycles. The molecule has 1 rings (SSSR count). The Bertz CT molecular complexity index is 236. The van der Waals surface area contributed by atoms with E-state index in [0.29, 0.717) is 0 Å². The largest absolute Gasteiger partial charge is 0.481 e. The maximum absolute atomic E-state index is 9.72. The lowest BCUT2D eigenvalue weighted by Crippen LogP contribution is -2.22. The second-order valence-corrected chi connectivity index (χ2v) is 3.68. The topological polar surface area (TPSA) is 141 Å². The predicted molar refractivity (Wildman–Crippen MR) is 53.7 cm³/mol. The van der Waals surface area contributed by atoms with E-state index in [1.165, 1.54) is 0 Å². The Morgan fingerprint density at radius 2 is 1.88 bits per heavy atom. The highest BCUT2D eigenvalue weighted by Crippen LogP contribution is 2.15. The number of carbonyl (C=O) groups is 2. The van der Waals surface area contributed by atoms with Crippen LogP contribution in [0.15, 0.2) is 0 Å². The SMILES string of the molecule is N[C@H]1CC[C@@H](O)C1.O=C(O)CC(O)C(=O)O. The molecule has 6 N–H and O–H groups in total. The third-order valence-electron chi connectivity index (χ3n) is 2.10. The van der Waals surface area contributed by atoms with E-state index >= 15 is 0 Å². The van der Waals surface area contributed by atoms with Crippen molar-refractivity contribution < 1.29 is 30.0 Å². The van der Waals surface area contributed by atoms with Gasteiger partial charge in [-0.2, -0.15) is 0 Å². The van der Waals surface area contributed by atoms with Crippen LogP contribution in [0.2, 0.25) is 0 Å². The first-order valence-electron chi connectivity index (χ1n) is 4.89. The van der Waals surface area contributed by atoms with Gasteiger partial charge in [0, 0.05) is 6.04 Å². The molecule has 7 nitrogen and oxygen atoms in total. The van der Waals surface area contributed by atoms with Crippen molar-refractivity contribution in [3.05, 3.63) is 0 Å². The molecule has 0 aromatic rings. The van der Waals surface area contributed by atoms with Crippen LogP contribution in [-0.2, 0) is 9.59 Å². The summed E-state index contributed by atoms with van der Waals surface area (Å²) < 4.78 is 0. The molecule has 0 bridgehead atoms. The summed E-state index contributed by atoms with van der Waals surface area (Å²) in [4.78, 5) is 19.4. The van der Waals surface area contributed by atoms with Crippen LogP contribution in [0.5, 0.6) is 0 Å². The summed E-state index contributed by atoms with van der Waals surface area (Å²) in [5.74, 6) is -2.85. The minimum absolute atomic E-state index is 0.102. The van der Waals surface area contributed by atoms with Crippen LogP contribution in [0, 0.1) is 0 Å². The van der Waals surface area contributed by atoms with E-state index in [0.717, 1.165) is 19.3 Å². The first kappa shape index (κ1) is 14.8. The molecule has 0 aromatic heterocycles. The van der Waals surface area contributed by atoms with E-state index in [1.54, 1.807) is 0 Å². The molecular formula is C9H17NO6. The lowest BCUT2D eigenvalue weighted by molar-refractivity contribution is -0.152. The fraction of sp³-hybridized carbons (Fsp3) is 0.778. The molecule has 1 unspecified atom stereocenters. The van der Waals surface area contributed by atoms with Crippen LogP contribution in [-0.4, -0.2) is 50.6 Å². The van der Waals surface area contributed by atoms with E-state index < -0.39 is 24.5 Å². The van der Waals surface area contributed by atoms with Gasteiger partial charge in [0.1, 0.15) is 0 Å². The fourth-order valence-corrected chi connectivity index (χ4v) is 1.24. The number of nitrogens with two attached hydrogens (primary N) is 1. The first-order chi connectivity index (χ1) is 7.32. The van der Waals surface area contributed by atoms with Crippen molar-refractivity contribution in [2.45, 2.75) is 43.9 Å². The van der Waals surface area contributed by atoms with Crippen LogP contribution >= 0.6 is 0 Å². The zero-order valence-corrected chi connectivity index (χ0v) is 8.74. The van der Waals surface area contributed by atoms with Crippen molar-refractivity contribution in [3.8, 4) is 0 Å². The molecule has 16 heavy (non-hydrogen) atoms. The summed E-state index contributed by atoms with van der Waals surface area (Å²) in [5, 5.41) is 33.0. The molecule has 0 amide bonds. The number of hydrogen-bond donors (Lipinski definition) is 5. The summed E-state index contributed by atoms with van der Waals surface area (Å²) in [6.45, 7) is 0. The minimum Gasteiger partial charge on any atom is -0.481 e. The van der Waals surface area contributed by atoms with Gasteiger partial charge >= 0.3 is 11.9 Å². The highest BCUT2D eigenvalue weighted by molar-refractivity contribution is 5.79. The molecule has 1 aliphatic rings. The van der Waals surface area contributed by atoms with Crippen LogP contribution in [0.3, 0.4) is 0 Å². The van der Waals surface area contributed by atoms with E-state index in [9.17, 15) is 9.59 Å². The van der Waals surface area contributed by atoms with Crippen LogP contribution in [0.1, 0.15) is 25.7 Å². The van der Waals surface area contributed by atoms with Gasteiger partial charge in [-0.15, -0.1) is 0 Å². The van der Waals surface area contributed by atoms with Gasteiger partial charge in [0.25, 0.3) is 0 Å². The Morgan fingerprint density at radius 1 is 1.31 bits per heavy atom. The molecule has 94 valence electrons. The number of aliphatic hydroxyl groups is 2. The highest BCUT2D eigenvalue weighted by atomic mass is 16.4. The van der Waals surface area contributed by atoms with E-state index in [1.807, 2.05) is 0 Å². The lowest BCUT2D eigenvalue weighted by atomic mass is 10.3. The normalized spacial score (nSPS) is 25.4. The van der Waals surface area contributed by atoms with Gasteiger partial charge in [-0.3, -0.25) is 4.79 Å². The molecule has 7 heteroatoms. The number of carboxylic acids is 2. The molecule has 0 aliphatic heterocycles. The second kappa shape index (κ2) is 7.15. The van der Waals surface area contributed by atoms with Crippen LogP contribution in [0.25, 0.3) is 0 Å². The average Bonchev–Trinajstić information content (AvgIpc) is 2.49. The molecule has 3 atom stereocenters. The van der Waals surface area contributed by atoms with Crippen LogP contribution in [0.4, 0.5) is 0 Å². The van der Waals surface area contributed by atoms with Crippen molar-refractivity contribution in [1.29, 1.82) is 0 Å². The molecule has 0 saturated heterocycles. The molecule has 0 radical (unpaired) electrons. The number of rotatable bonds is 3. The molecule has 0 heterocycles. The van der Waals surface area contributed by atoms with Crippen molar-refractivity contribution in [2.75, 3.05) is 0 Å². The smallest absolute Gasteiger partial charge is 0.333 e. The van der Waals surface area contributed by atoms with Crippen LogP contribution < -0.4 is 5.73 Å². The van der Waals surface area contributed by atoms with Gasteiger partial charge in [0.05, 0.1) is 12.5 Å². The maximum atomic E-state index is 9.72. The van der Waals surface area contributed by atoms with E-state index in [4.69, 9.17) is 26.2 Å². The monoisotopic (exact) mass is 235 g/mol. The van der Waals surface area contributed by atoms with Gasteiger partial charge in [0.2, 0.25) is 0 Å². The minimum atomic E-state index is -1.79.